The largest absolute Gasteiger partial charge is 0.354 e. The molecule has 0 saturated heterocycles. The molecule has 1 unspecified atom stereocenters. The van der Waals surface area contributed by atoms with Crippen molar-refractivity contribution in [1.29, 1.82) is 0 Å². The SMILES string of the molecule is CCCC(C)(N)C(=O)NCCCS(=O)(=O)Cc1ccccc1. The number of carbonyl (C=O) groups is 1. The molecule has 1 rings (SSSR count). The number of nitrogens with one attached hydrogen (secondary N) is 1. The Hall–Kier alpha value is -1.40. The fraction of sp³-hybridized carbons (Fsp3) is 0.562. The Morgan fingerprint density at radius 3 is 2.50 bits per heavy atom. The van der Waals surface area contributed by atoms with Crippen LogP contribution in [0.2, 0.25) is 0 Å². The van der Waals surface area contributed by atoms with Crippen LogP contribution in [-0.2, 0) is 20.4 Å². The summed E-state index contributed by atoms with van der Waals surface area (Å²) in [5.74, 6) is -0.140. The number of amides is 1. The number of hydrogen-bond donors (Lipinski definition) is 2. The van der Waals surface area contributed by atoms with Crippen molar-refractivity contribution < 1.29 is 13.2 Å². The molecule has 5 nitrogen and oxygen atoms in total. The fourth-order valence-corrected chi connectivity index (χ4v) is 3.66. The average Bonchev–Trinajstić information content (AvgIpc) is 2.44. The van der Waals surface area contributed by atoms with E-state index in [9.17, 15) is 13.2 Å². The summed E-state index contributed by atoms with van der Waals surface area (Å²) in [5, 5.41) is 2.72. The predicted molar refractivity (Wildman–Crippen MR) is 89.1 cm³/mol. The molecule has 0 aliphatic heterocycles. The smallest absolute Gasteiger partial charge is 0.239 e. The van der Waals surface area contributed by atoms with Crippen LogP contribution in [0.15, 0.2) is 30.3 Å². The van der Waals surface area contributed by atoms with Gasteiger partial charge in [-0.2, -0.15) is 0 Å². The number of hydrogen-bond acceptors (Lipinski definition) is 4. The Bertz CT molecular complexity index is 568. The number of nitrogens with two attached hydrogens (primary N) is 1. The van der Waals surface area contributed by atoms with Crippen molar-refractivity contribution in [3.05, 3.63) is 35.9 Å². The van der Waals surface area contributed by atoms with Crippen molar-refractivity contribution in [1.82, 2.24) is 5.32 Å². The quantitative estimate of drug-likeness (QED) is 0.675. The molecule has 1 amide bonds. The summed E-state index contributed by atoms with van der Waals surface area (Å²) in [6.07, 6.45) is 1.82. The van der Waals surface area contributed by atoms with Crippen molar-refractivity contribution in [3.63, 3.8) is 0 Å². The molecule has 0 radical (unpaired) electrons. The molecule has 0 aromatic heterocycles. The Kier molecular flexibility index (Phi) is 7.03. The van der Waals surface area contributed by atoms with Crippen molar-refractivity contribution in [2.45, 2.75) is 44.4 Å². The third-order valence-electron chi connectivity index (χ3n) is 3.44. The molecule has 124 valence electrons. The molecule has 1 aromatic rings. The van der Waals surface area contributed by atoms with Crippen LogP contribution < -0.4 is 11.1 Å². The number of benzene rings is 1. The van der Waals surface area contributed by atoms with Gasteiger partial charge in [-0.05, 0) is 25.3 Å². The second kappa shape index (κ2) is 8.29. The first kappa shape index (κ1) is 18.6. The summed E-state index contributed by atoms with van der Waals surface area (Å²) in [7, 11) is -3.16. The lowest BCUT2D eigenvalue weighted by Crippen LogP contribution is -2.51. The van der Waals surface area contributed by atoms with E-state index in [0.717, 1.165) is 12.0 Å². The maximum atomic E-state index is 12.0. The van der Waals surface area contributed by atoms with E-state index in [0.29, 0.717) is 19.4 Å². The second-order valence-corrected chi connectivity index (χ2v) is 8.04. The molecule has 0 aliphatic rings. The van der Waals surface area contributed by atoms with Gasteiger partial charge in [0.25, 0.3) is 0 Å². The number of rotatable bonds is 9. The third-order valence-corrected chi connectivity index (χ3v) is 5.12. The summed E-state index contributed by atoms with van der Waals surface area (Å²) in [6.45, 7) is 3.98. The van der Waals surface area contributed by atoms with Crippen molar-refractivity contribution >= 4 is 15.7 Å². The van der Waals surface area contributed by atoms with Crippen LogP contribution in [-0.4, -0.2) is 32.2 Å². The molecule has 0 aliphatic carbocycles. The monoisotopic (exact) mass is 326 g/mol. The lowest BCUT2D eigenvalue weighted by Gasteiger charge is -2.22. The molecular weight excluding hydrogens is 300 g/mol. The zero-order chi connectivity index (χ0) is 16.6. The summed E-state index contributed by atoms with van der Waals surface area (Å²) >= 11 is 0. The van der Waals surface area contributed by atoms with Crippen molar-refractivity contribution in [2.75, 3.05) is 12.3 Å². The van der Waals surface area contributed by atoms with Crippen LogP contribution in [0, 0.1) is 0 Å². The van der Waals surface area contributed by atoms with E-state index in [1.54, 1.807) is 19.1 Å². The topological polar surface area (TPSA) is 89.3 Å². The Morgan fingerprint density at radius 2 is 1.91 bits per heavy atom. The third kappa shape index (κ3) is 6.58. The summed E-state index contributed by atoms with van der Waals surface area (Å²) in [6, 6.07) is 9.08. The van der Waals surface area contributed by atoms with Crippen LogP contribution in [0.1, 0.15) is 38.7 Å². The highest BCUT2D eigenvalue weighted by Crippen LogP contribution is 2.09. The highest BCUT2D eigenvalue weighted by atomic mass is 32.2. The first-order valence-corrected chi connectivity index (χ1v) is 9.40. The standard InChI is InChI=1S/C16H26N2O3S/c1-3-10-16(2,17)15(19)18-11-7-12-22(20,21)13-14-8-5-4-6-9-14/h4-6,8-9H,3,7,10-13,17H2,1-2H3,(H,18,19). The maximum Gasteiger partial charge on any atom is 0.239 e. The Balaban J connectivity index is 2.36. The summed E-state index contributed by atoms with van der Waals surface area (Å²) in [5.41, 5.74) is 5.80. The van der Waals surface area contributed by atoms with E-state index in [4.69, 9.17) is 5.73 Å². The van der Waals surface area contributed by atoms with Gasteiger partial charge < -0.3 is 11.1 Å². The van der Waals surface area contributed by atoms with Crippen LogP contribution in [0.5, 0.6) is 0 Å². The second-order valence-electron chi connectivity index (χ2n) is 5.85. The van der Waals surface area contributed by atoms with E-state index < -0.39 is 15.4 Å². The highest BCUT2D eigenvalue weighted by Gasteiger charge is 2.26. The molecule has 0 spiro atoms. The van der Waals surface area contributed by atoms with Crippen LogP contribution in [0.4, 0.5) is 0 Å². The zero-order valence-electron chi connectivity index (χ0n) is 13.3. The van der Waals surface area contributed by atoms with Gasteiger partial charge in [-0.15, -0.1) is 0 Å². The van der Waals surface area contributed by atoms with Crippen LogP contribution in [0.3, 0.4) is 0 Å². The van der Waals surface area contributed by atoms with Crippen molar-refractivity contribution in [3.8, 4) is 0 Å². The first-order chi connectivity index (χ1) is 10.3. The van der Waals surface area contributed by atoms with Gasteiger partial charge in [-0.25, -0.2) is 8.42 Å². The van der Waals surface area contributed by atoms with Gasteiger partial charge in [0, 0.05) is 6.54 Å². The molecule has 1 atom stereocenters. The van der Waals surface area contributed by atoms with Gasteiger partial charge in [0.2, 0.25) is 5.91 Å². The minimum Gasteiger partial charge on any atom is -0.354 e. The molecule has 0 fully saturated rings. The lowest BCUT2D eigenvalue weighted by molar-refractivity contribution is -0.126. The summed E-state index contributed by atoms with van der Waals surface area (Å²) in [4.78, 5) is 11.9. The molecule has 0 heterocycles. The molecule has 0 saturated carbocycles. The van der Waals surface area contributed by atoms with Gasteiger partial charge in [0.15, 0.2) is 9.84 Å². The number of carbonyl (C=O) groups excluding carboxylic acids is 1. The molecule has 0 bridgehead atoms. The first-order valence-electron chi connectivity index (χ1n) is 7.58. The minimum atomic E-state index is -3.16. The van der Waals surface area contributed by atoms with Gasteiger partial charge in [-0.3, -0.25) is 4.79 Å². The van der Waals surface area contributed by atoms with E-state index in [1.807, 2.05) is 25.1 Å². The van der Waals surface area contributed by atoms with Gasteiger partial charge in [0.05, 0.1) is 17.0 Å². The average molecular weight is 326 g/mol. The van der Waals surface area contributed by atoms with Gasteiger partial charge in [-0.1, -0.05) is 43.7 Å². The maximum absolute atomic E-state index is 12.0. The van der Waals surface area contributed by atoms with Gasteiger partial charge >= 0.3 is 0 Å². The summed E-state index contributed by atoms with van der Waals surface area (Å²) < 4.78 is 24.0. The lowest BCUT2D eigenvalue weighted by atomic mass is 9.96. The zero-order valence-corrected chi connectivity index (χ0v) is 14.2. The van der Waals surface area contributed by atoms with Crippen LogP contribution in [0.25, 0.3) is 0 Å². The van der Waals surface area contributed by atoms with Gasteiger partial charge in [0.1, 0.15) is 0 Å². The fourth-order valence-electron chi connectivity index (χ4n) is 2.23. The molecule has 3 N–H and O–H groups in total. The van der Waals surface area contributed by atoms with E-state index in [2.05, 4.69) is 5.32 Å². The minimum absolute atomic E-state index is 0.0340. The molecule has 6 heteroatoms. The highest BCUT2D eigenvalue weighted by molar-refractivity contribution is 7.90. The molecule has 22 heavy (non-hydrogen) atoms. The Morgan fingerprint density at radius 1 is 1.27 bits per heavy atom. The van der Waals surface area contributed by atoms with E-state index >= 15 is 0 Å². The molecule has 1 aromatic carbocycles. The Labute approximate surface area is 133 Å². The van der Waals surface area contributed by atoms with Crippen LogP contribution >= 0.6 is 0 Å². The number of sulfone groups is 1. The predicted octanol–water partition coefficient (Wildman–Crippen LogP) is 1.63. The normalized spacial score (nSPS) is 14.3. The van der Waals surface area contributed by atoms with E-state index in [1.165, 1.54) is 0 Å². The van der Waals surface area contributed by atoms with Crippen molar-refractivity contribution in [2.24, 2.45) is 5.73 Å². The van der Waals surface area contributed by atoms with E-state index in [-0.39, 0.29) is 17.4 Å². The molecular formula is C16H26N2O3S.